The van der Waals surface area contributed by atoms with Gasteiger partial charge in [0.25, 0.3) is 10.1 Å². The molecule has 0 saturated heterocycles. The zero-order valence-electron chi connectivity index (χ0n) is 33.5. The predicted octanol–water partition coefficient (Wildman–Crippen LogP) is 10.9. The van der Waals surface area contributed by atoms with Crippen molar-refractivity contribution in [3.63, 3.8) is 0 Å². The fourth-order valence-corrected chi connectivity index (χ4v) is 7.49. The summed E-state index contributed by atoms with van der Waals surface area (Å²) >= 11 is 0. The zero-order chi connectivity index (χ0) is 40.8. The monoisotopic (exact) mass is 850 g/mol. The topological polar surface area (TPSA) is 173 Å². The Labute approximate surface area is 370 Å². The van der Waals surface area contributed by atoms with Crippen LogP contribution in [0.1, 0.15) is 128 Å². The Balaban J connectivity index is 0.000000387. The van der Waals surface area contributed by atoms with Crippen molar-refractivity contribution in [2.75, 3.05) is 0 Å². The quantitative estimate of drug-likeness (QED) is 0.0392. The summed E-state index contributed by atoms with van der Waals surface area (Å²) < 4.78 is 78.6. The first-order valence-corrected chi connectivity index (χ1v) is 22.8. The summed E-state index contributed by atoms with van der Waals surface area (Å²) in [5.41, 5.74) is 1.09. The Morgan fingerprint density at radius 1 is 0.526 bits per heavy atom. The minimum atomic E-state index is -4.81. The average Bonchev–Trinajstić information content (AvgIpc) is 3.16. The van der Waals surface area contributed by atoms with Gasteiger partial charge in [0.15, 0.2) is 11.5 Å². The third-order valence-corrected chi connectivity index (χ3v) is 11.1. The van der Waals surface area contributed by atoms with Gasteiger partial charge in [-0.05, 0) is 67.6 Å². The van der Waals surface area contributed by atoms with Gasteiger partial charge in [-0.2, -0.15) is 8.42 Å². The van der Waals surface area contributed by atoms with Crippen molar-refractivity contribution in [3.8, 4) is 34.5 Å². The molecule has 0 fully saturated rings. The van der Waals surface area contributed by atoms with Gasteiger partial charge in [0.05, 0.1) is 4.90 Å². The van der Waals surface area contributed by atoms with Crippen LogP contribution < -0.4 is 14.6 Å². The fourth-order valence-electron chi connectivity index (χ4n) is 6.28. The summed E-state index contributed by atoms with van der Waals surface area (Å²) in [5.74, 6) is -0.699. The summed E-state index contributed by atoms with van der Waals surface area (Å²) in [6.07, 6.45) is 19.8. The van der Waals surface area contributed by atoms with Gasteiger partial charge in [-0.1, -0.05) is 164 Å². The molecule has 308 valence electrons. The molecular weight excluding hydrogens is 793 g/mol. The Morgan fingerprint density at radius 3 is 1.35 bits per heavy atom. The van der Waals surface area contributed by atoms with Crippen LogP contribution in [0.25, 0.3) is 0 Å². The van der Waals surface area contributed by atoms with E-state index in [2.05, 4.69) is 13.8 Å². The van der Waals surface area contributed by atoms with Crippen LogP contribution in [0.15, 0.2) is 94.7 Å². The smallest absolute Gasteiger partial charge is 0.870 e. The van der Waals surface area contributed by atoms with Crippen LogP contribution in [0.3, 0.4) is 0 Å². The van der Waals surface area contributed by atoms with E-state index in [1.54, 1.807) is 60.7 Å². The van der Waals surface area contributed by atoms with Gasteiger partial charge in [-0.15, -0.1) is 0 Å². The molecule has 4 rings (SSSR count). The summed E-state index contributed by atoms with van der Waals surface area (Å²) in [6, 6.07) is 22.4. The molecule has 0 heterocycles. The number of phenolic OH excluding ortho intramolecular Hbond substituents is 1. The van der Waals surface area contributed by atoms with Crippen molar-refractivity contribution < 1.29 is 45.6 Å². The first-order chi connectivity index (χ1) is 26.9. The van der Waals surface area contributed by atoms with E-state index in [-0.39, 0.29) is 49.2 Å². The number of hydrogen-bond donors (Lipinski definition) is 2. The number of aryl methyl sites for hydroxylation is 2. The van der Waals surface area contributed by atoms with Crippen molar-refractivity contribution in [2.24, 2.45) is 0 Å². The number of phenols is 1. The molecule has 0 aliphatic carbocycles. The van der Waals surface area contributed by atoms with Crippen LogP contribution in [0.2, 0.25) is 0 Å². The second-order valence-electron chi connectivity index (χ2n) is 14.0. The number of benzene rings is 4. The molecule has 0 radical (unpaired) electrons. The molecule has 4 aromatic carbocycles. The number of ether oxygens (including phenoxy) is 2. The molecule has 0 unspecified atom stereocenters. The number of hydrogen-bond acceptors (Lipinski definition) is 9. The van der Waals surface area contributed by atoms with Crippen molar-refractivity contribution >= 4 is 58.0 Å². The van der Waals surface area contributed by atoms with Crippen LogP contribution >= 0.6 is 0 Å². The average molecular weight is 851 g/mol. The Hall–Kier alpha value is -2.84. The Kier molecular flexibility index (Phi) is 23.8. The van der Waals surface area contributed by atoms with E-state index in [0.29, 0.717) is 35.5 Å². The van der Waals surface area contributed by atoms with Gasteiger partial charge >= 0.3 is 37.7 Å². The summed E-state index contributed by atoms with van der Waals surface area (Å²) in [7, 11) is -9.33. The molecule has 0 aliphatic rings. The van der Waals surface area contributed by atoms with Crippen LogP contribution in [0.5, 0.6) is 34.5 Å². The molecule has 0 bridgehead atoms. The minimum absolute atomic E-state index is 0. The third-order valence-electron chi connectivity index (χ3n) is 9.41. The first kappa shape index (κ1) is 50.3. The van der Waals surface area contributed by atoms with E-state index in [9.17, 15) is 36.2 Å². The van der Waals surface area contributed by atoms with E-state index in [0.717, 1.165) is 38.5 Å². The van der Waals surface area contributed by atoms with Crippen LogP contribution in [0, 0.1) is 0 Å². The summed E-state index contributed by atoms with van der Waals surface area (Å²) in [4.78, 5) is -1.05. The molecular formula is C44H58CaO10S2. The van der Waals surface area contributed by atoms with Gasteiger partial charge in [0.2, 0.25) is 0 Å². The van der Waals surface area contributed by atoms with E-state index in [1.165, 1.54) is 88.5 Å². The van der Waals surface area contributed by atoms with Gasteiger partial charge in [-0.25, -0.2) is 8.42 Å². The Morgan fingerprint density at radius 2 is 0.912 bits per heavy atom. The fraction of sp³-hybridized carbons (Fsp3) is 0.455. The van der Waals surface area contributed by atoms with Crippen LogP contribution in [-0.4, -0.2) is 68.8 Å². The SMILES string of the molecule is CCCCCCCCCCc1ccc(S(=O)(=O)O)c(Oc2ccccc2)c1O.CCCCCCCCCCc1ccc(S(=O)(=O)[O-])c(Oc2ccccc2)c1[O-].[Ca+2]. The maximum absolute atomic E-state index is 12.8. The molecule has 57 heavy (non-hydrogen) atoms. The van der Waals surface area contributed by atoms with Crippen molar-refractivity contribution in [1.82, 2.24) is 0 Å². The molecule has 10 nitrogen and oxygen atoms in total. The van der Waals surface area contributed by atoms with Crippen molar-refractivity contribution in [2.45, 2.75) is 139 Å². The largest absolute Gasteiger partial charge is 2.00 e. The molecule has 0 amide bonds. The van der Waals surface area contributed by atoms with Crippen LogP contribution in [-0.2, 0) is 33.1 Å². The van der Waals surface area contributed by atoms with Gasteiger partial charge in [0, 0.05) is 0 Å². The van der Waals surface area contributed by atoms with Gasteiger partial charge in [0.1, 0.15) is 32.3 Å². The van der Waals surface area contributed by atoms with E-state index in [1.807, 2.05) is 0 Å². The molecule has 0 aliphatic heterocycles. The normalized spacial score (nSPS) is 11.3. The Bertz CT molecular complexity index is 1810. The number of rotatable bonds is 24. The predicted molar refractivity (Wildman–Crippen MR) is 223 cm³/mol. The number of aromatic hydroxyl groups is 1. The summed E-state index contributed by atoms with van der Waals surface area (Å²) in [6.45, 7) is 4.40. The number of para-hydroxylation sites is 2. The maximum Gasteiger partial charge on any atom is 2.00 e. The van der Waals surface area contributed by atoms with Crippen molar-refractivity contribution in [1.29, 1.82) is 0 Å². The van der Waals surface area contributed by atoms with Gasteiger partial charge in [-0.3, -0.25) is 4.55 Å². The molecule has 13 heteroatoms. The first-order valence-electron chi connectivity index (χ1n) is 19.9. The van der Waals surface area contributed by atoms with Crippen molar-refractivity contribution in [3.05, 3.63) is 96.1 Å². The van der Waals surface area contributed by atoms with E-state index < -0.39 is 41.5 Å². The molecule has 2 N–H and O–H groups in total. The standard InChI is InChI=1S/2C22H30O5S.Ca/c2*1-2-3-4-5-6-7-8-10-13-18-16-17-20(28(24,25)26)22(21(18)23)27-19-14-11-9-12-15-19;/h2*9,11-12,14-17,23H,2-8,10,13H2,1H3,(H,24,25,26);/q;;+2/p-2. The minimum Gasteiger partial charge on any atom is -0.870 e. The second kappa shape index (κ2) is 27.0. The van der Waals surface area contributed by atoms with E-state index in [4.69, 9.17) is 9.47 Å². The van der Waals surface area contributed by atoms with Crippen LogP contribution in [0.4, 0.5) is 0 Å². The molecule has 0 aromatic heterocycles. The molecule has 0 atom stereocenters. The molecule has 0 spiro atoms. The maximum atomic E-state index is 12.8. The third kappa shape index (κ3) is 18.3. The van der Waals surface area contributed by atoms with Gasteiger partial charge < -0.3 is 24.2 Å². The summed E-state index contributed by atoms with van der Waals surface area (Å²) in [5, 5.41) is 23.3. The zero-order valence-corrected chi connectivity index (χ0v) is 37.3. The van der Waals surface area contributed by atoms with E-state index >= 15 is 0 Å². The number of unbranched alkanes of at least 4 members (excludes halogenated alkanes) is 14. The second-order valence-corrected chi connectivity index (χ2v) is 16.7. The molecule has 0 saturated carbocycles. The molecule has 4 aromatic rings.